The molecule has 1 saturated carbocycles. The van der Waals surface area contributed by atoms with E-state index in [4.69, 9.17) is 23.2 Å². The number of halogens is 2. The van der Waals surface area contributed by atoms with Gasteiger partial charge in [-0.1, -0.05) is 36.2 Å². The highest BCUT2D eigenvalue weighted by atomic mass is 35.5. The van der Waals surface area contributed by atoms with Gasteiger partial charge < -0.3 is 5.11 Å². The Bertz CT molecular complexity index is 378. The predicted octanol–water partition coefficient (Wildman–Crippen LogP) is 3.94. The van der Waals surface area contributed by atoms with Crippen molar-refractivity contribution in [3.05, 3.63) is 33.8 Å². The molecule has 0 bridgehead atoms. The predicted molar refractivity (Wildman–Crippen MR) is 68.1 cm³/mol. The van der Waals surface area contributed by atoms with Crippen LogP contribution in [0.15, 0.2) is 18.2 Å². The minimum atomic E-state index is -0.132. The zero-order valence-corrected chi connectivity index (χ0v) is 10.8. The molecule has 0 saturated heterocycles. The van der Waals surface area contributed by atoms with E-state index in [1.165, 1.54) is 5.56 Å². The number of rotatable bonds is 2. The second-order valence-electron chi connectivity index (χ2n) is 4.72. The van der Waals surface area contributed by atoms with Gasteiger partial charge in [-0.15, -0.1) is 0 Å². The van der Waals surface area contributed by atoms with Crippen molar-refractivity contribution in [1.29, 1.82) is 0 Å². The van der Waals surface area contributed by atoms with Gasteiger partial charge in [-0.05, 0) is 48.8 Å². The Kier molecular flexibility index (Phi) is 3.78. The first-order chi connectivity index (χ1) is 7.58. The molecule has 88 valence electrons. The van der Waals surface area contributed by atoms with Crippen LogP contribution in [-0.2, 0) is 6.42 Å². The number of benzene rings is 1. The van der Waals surface area contributed by atoms with Gasteiger partial charge >= 0.3 is 0 Å². The first-order valence-corrected chi connectivity index (χ1v) is 6.45. The van der Waals surface area contributed by atoms with Crippen LogP contribution in [0.25, 0.3) is 0 Å². The molecular weight excluding hydrogens is 243 g/mol. The maximum absolute atomic E-state index is 9.70. The molecule has 16 heavy (non-hydrogen) atoms. The van der Waals surface area contributed by atoms with Crippen molar-refractivity contribution in [3.8, 4) is 0 Å². The molecular formula is C13H16Cl2O. The molecule has 0 spiro atoms. The topological polar surface area (TPSA) is 20.2 Å². The van der Waals surface area contributed by atoms with Crippen LogP contribution < -0.4 is 0 Å². The standard InChI is InChI=1S/C13H16Cl2O/c1-8-10(3-5-13(8)16)6-9-2-4-11(14)12(15)7-9/h2,4,7-8,10,13,16H,3,5-6H2,1H3. The van der Waals surface area contributed by atoms with E-state index in [0.717, 1.165) is 19.3 Å². The van der Waals surface area contributed by atoms with Gasteiger partial charge in [-0.2, -0.15) is 0 Å². The van der Waals surface area contributed by atoms with E-state index in [1.807, 2.05) is 18.2 Å². The van der Waals surface area contributed by atoms with Crippen LogP contribution in [-0.4, -0.2) is 11.2 Å². The smallest absolute Gasteiger partial charge is 0.0595 e. The first kappa shape index (κ1) is 12.2. The summed E-state index contributed by atoms with van der Waals surface area (Å²) in [4.78, 5) is 0. The molecule has 1 aliphatic rings. The highest BCUT2D eigenvalue weighted by Crippen LogP contribution is 2.35. The number of hydrogen-bond donors (Lipinski definition) is 1. The van der Waals surface area contributed by atoms with Crippen LogP contribution in [0.1, 0.15) is 25.3 Å². The van der Waals surface area contributed by atoms with Gasteiger partial charge in [0.2, 0.25) is 0 Å². The molecule has 1 fully saturated rings. The first-order valence-electron chi connectivity index (χ1n) is 5.70. The van der Waals surface area contributed by atoms with Crippen LogP contribution in [0.5, 0.6) is 0 Å². The lowest BCUT2D eigenvalue weighted by Gasteiger charge is -2.17. The zero-order valence-electron chi connectivity index (χ0n) is 9.29. The third kappa shape index (κ3) is 2.53. The van der Waals surface area contributed by atoms with Crippen LogP contribution in [0, 0.1) is 11.8 Å². The minimum absolute atomic E-state index is 0.132. The van der Waals surface area contributed by atoms with Gasteiger partial charge in [0.05, 0.1) is 16.1 Å². The zero-order chi connectivity index (χ0) is 11.7. The summed E-state index contributed by atoms with van der Waals surface area (Å²) in [6.45, 7) is 2.12. The van der Waals surface area contributed by atoms with Crippen LogP contribution in [0.3, 0.4) is 0 Å². The molecule has 0 radical (unpaired) electrons. The fourth-order valence-corrected chi connectivity index (χ4v) is 2.80. The molecule has 1 aromatic carbocycles. The van der Waals surface area contributed by atoms with E-state index >= 15 is 0 Å². The summed E-state index contributed by atoms with van der Waals surface area (Å²) in [6, 6.07) is 5.79. The average molecular weight is 259 g/mol. The molecule has 3 unspecified atom stereocenters. The Morgan fingerprint density at radius 2 is 2.00 bits per heavy atom. The van der Waals surface area contributed by atoms with Gasteiger partial charge in [-0.3, -0.25) is 0 Å². The Morgan fingerprint density at radius 3 is 2.56 bits per heavy atom. The molecule has 1 aromatic rings. The third-order valence-corrected chi connectivity index (χ3v) is 4.40. The largest absolute Gasteiger partial charge is 0.393 e. The molecule has 0 amide bonds. The van der Waals surface area contributed by atoms with Crippen molar-refractivity contribution in [1.82, 2.24) is 0 Å². The van der Waals surface area contributed by atoms with Crippen LogP contribution in [0.2, 0.25) is 10.0 Å². The number of aliphatic hydroxyl groups excluding tert-OH is 1. The molecule has 1 N–H and O–H groups in total. The van der Waals surface area contributed by atoms with Crippen molar-refractivity contribution in [2.75, 3.05) is 0 Å². The van der Waals surface area contributed by atoms with E-state index in [1.54, 1.807) is 0 Å². The molecule has 1 nitrogen and oxygen atoms in total. The van der Waals surface area contributed by atoms with E-state index < -0.39 is 0 Å². The van der Waals surface area contributed by atoms with Crippen LogP contribution in [0.4, 0.5) is 0 Å². The molecule has 3 atom stereocenters. The second kappa shape index (κ2) is 4.95. The molecule has 1 aliphatic carbocycles. The van der Waals surface area contributed by atoms with Gasteiger partial charge in [-0.25, -0.2) is 0 Å². The van der Waals surface area contributed by atoms with E-state index in [9.17, 15) is 5.11 Å². The van der Waals surface area contributed by atoms with Gasteiger partial charge in [0.15, 0.2) is 0 Å². The normalized spacial score (nSPS) is 29.6. The van der Waals surface area contributed by atoms with Crippen molar-refractivity contribution >= 4 is 23.2 Å². The monoisotopic (exact) mass is 258 g/mol. The summed E-state index contributed by atoms with van der Waals surface area (Å²) in [5.74, 6) is 0.946. The maximum atomic E-state index is 9.70. The maximum Gasteiger partial charge on any atom is 0.0595 e. The molecule has 3 heteroatoms. The molecule has 0 aromatic heterocycles. The lowest BCUT2D eigenvalue weighted by atomic mass is 9.90. The van der Waals surface area contributed by atoms with Crippen LogP contribution >= 0.6 is 23.2 Å². The lowest BCUT2D eigenvalue weighted by molar-refractivity contribution is 0.127. The van der Waals surface area contributed by atoms with E-state index in [2.05, 4.69) is 6.92 Å². The Hall–Kier alpha value is -0.240. The van der Waals surface area contributed by atoms with E-state index in [-0.39, 0.29) is 6.10 Å². The summed E-state index contributed by atoms with van der Waals surface area (Å²) in [5.41, 5.74) is 1.21. The van der Waals surface area contributed by atoms with Crippen molar-refractivity contribution < 1.29 is 5.11 Å². The molecule has 0 aliphatic heterocycles. The average Bonchev–Trinajstić information content (AvgIpc) is 2.55. The summed E-state index contributed by atoms with van der Waals surface area (Å²) in [7, 11) is 0. The molecule has 2 rings (SSSR count). The molecule has 0 heterocycles. The Labute approximate surface area is 106 Å². The SMILES string of the molecule is CC1C(O)CCC1Cc1ccc(Cl)c(Cl)c1. The second-order valence-corrected chi connectivity index (χ2v) is 5.53. The Morgan fingerprint density at radius 1 is 1.25 bits per heavy atom. The van der Waals surface area contributed by atoms with Crippen molar-refractivity contribution in [3.63, 3.8) is 0 Å². The number of aliphatic hydroxyl groups is 1. The van der Waals surface area contributed by atoms with Crippen molar-refractivity contribution in [2.45, 2.75) is 32.3 Å². The van der Waals surface area contributed by atoms with E-state index in [0.29, 0.717) is 21.9 Å². The number of hydrogen-bond acceptors (Lipinski definition) is 1. The fraction of sp³-hybridized carbons (Fsp3) is 0.538. The van der Waals surface area contributed by atoms with Gasteiger partial charge in [0.25, 0.3) is 0 Å². The Balaban J connectivity index is 2.07. The summed E-state index contributed by atoms with van der Waals surface area (Å²) >= 11 is 11.9. The summed E-state index contributed by atoms with van der Waals surface area (Å²) in [6.07, 6.45) is 2.87. The van der Waals surface area contributed by atoms with Gasteiger partial charge in [0.1, 0.15) is 0 Å². The summed E-state index contributed by atoms with van der Waals surface area (Å²) < 4.78 is 0. The highest BCUT2D eigenvalue weighted by Gasteiger charge is 2.31. The summed E-state index contributed by atoms with van der Waals surface area (Å²) in [5, 5.41) is 10.9. The highest BCUT2D eigenvalue weighted by molar-refractivity contribution is 6.42. The quantitative estimate of drug-likeness (QED) is 0.852. The van der Waals surface area contributed by atoms with Gasteiger partial charge in [0, 0.05) is 0 Å². The minimum Gasteiger partial charge on any atom is -0.393 e. The lowest BCUT2D eigenvalue weighted by Crippen LogP contribution is -2.16. The van der Waals surface area contributed by atoms with Crippen molar-refractivity contribution in [2.24, 2.45) is 11.8 Å². The fourth-order valence-electron chi connectivity index (χ4n) is 2.48. The third-order valence-electron chi connectivity index (χ3n) is 3.67.